The van der Waals surface area contributed by atoms with Crippen LogP contribution in [0.25, 0.3) is 0 Å². The van der Waals surface area contributed by atoms with Crippen LogP contribution in [0.4, 0.5) is 0 Å². The van der Waals surface area contributed by atoms with Gasteiger partial charge in [-0.3, -0.25) is 4.79 Å². The lowest BCUT2D eigenvalue weighted by atomic mass is 10.0. The molecule has 1 fully saturated rings. The summed E-state index contributed by atoms with van der Waals surface area (Å²) in [6, 6.07) is 6.62. The largest absolute Gasteiger partial charge is 0.298 e. The van der Waals surface area contributed by atoms with Gasteiger partial charge in [-0.15, -0.1) is 0 Å². The molecule has 0 saturated heterocycles. The molecule has 1 aliphatic rings. The van der Waals surface area contributed by atoms with E-state index in [1.54, 1.807) is 18.2 Å². The molecule has 0 bridgehead atoms. The number of carbonyl (C=O) groups excluding carboxylic acids is 1. The van der Waals surface area contributed by atoms with Gasteiger partial charge in [-0.05, 0) is 40.9 Å². The molecule has 0 amide bonds. The predicted molar refractivity (Wildman–Crippen MR) is 73.2 cm³/mol. The SMILES string of the molecule is O=C(CS(=O)(=O)c1ccccc1Br)C1CCCC1. The molecular formula is C13H15BrO3S. The summed E-state index contributed by atoms with van der Waals surface area (Å²) in [6.45, 7) is 0. The van der Waals surface area contributed by atoms with Crippen molar-refractivity contribution in [3.8, 4) is 0 Å². The minimum absolute atomic E-state index is 0.0535. The zero-order valence-electron chi connectivity index (χ0n) is 9.93. The number of ketones is 1. The van der Waals surface area contributed by atoms with Crippen LogP contribution in [-0.4, -0.2) is 20.0 Å². The number of sulfone groups is 1. The summed E-state index contributed by atoms with van der Waals surface area (Å²) in [5, 5.41) is 0. The second kappa shape index (κ2) is 5.53. The molecule has 1 aliphatic carbocycles. The van der Waals surface area contributed by atoms with E-state index in [1.807, 2.05) is 0 Å². The summed E-state index contributed by atoms with van der Waals surface area (Å²) >= 11 is 3.22. The van der Waals surface area contributed by atoms with Crippen LogP contribution >= 0.6 is 15.9 Å². The molecule has 0 aliphatic heterocycles. The fraction of sp³-hybridized carbons (Fsp3) is 0.462. The number of rotatable bonds is 4. The van der Waals surface area contributed by atoms with Crippen molar-refractivity contribution in [2.75, 3.05) is 5.75 Å². The molecule has 0 radical (unpaired) electrons. The zero-order chi connectivity index (χ0) is 13.2. The van der Waals surface area contributed by atoms with Crippen molar-refractivity contribution < 1.29 is 13.2 Å². The molecule has 1 aromatic carbocycles. The number of carbonyl (C=O) groups is 1. The first-order chi connectivity index (χ1) is 8.50. The third kappa shape index (κ3) is 3.01. The maximum Gasteiger partial charge on any atom is 0.186 e. The van der Waals surface area contributed by atoms with E-state index in [1.165, 1.54) is 6.07 Å². The van der Waals surface area contributed by atoms with Crippen LogP contribution in [0, 0.1) is 5.92 Å². The van der Waals surface area contributed by atoms with Gasteiger partial charge in [0.15, 0.2) is 15.6 Å². The van der Waals surface area contributed by atoms with Crippen LogP contribution in [0.5, 0.6) is 0 Å². The van der Waals surface area contributed by atoms with Crippen molar-refractivity contribution in [2.45, 2.75) is 30.6 Å². The monoisotopic (exact) mass is 330 g/mol. The van der Waals surface area contributed by atoms with Gasteiger partial charge in [-0.1, -0.05) is 25.0 Å². The first-order valence-corrected chi connectivity index (χ1v) is 8.45. The maximum atomic E-state index is 12.2. The lowest BCUT2D eigenvalue weighted by Gasteiger charge is -2.09. The van der Waals surface area contributed by atoms with Crippen LogP contribution in [-0.2, 0) is 14.6 Å². The van der Waals surface area contributed by atoms with Crippen LogP contribution in [0.2, 0.25) is 0 Å². The summed E-state index contributed by atoms with van der Waals surface area (Å²) in [5.41, 5.74) is 0. The summed E-state index contributed by atoms with van der Waals surface area (Å²) in [4.78, 5) is 12.2. The minimum Gasteiger partial charge on any atom is -0.298 e. The van der Waals surface area contributed by atoms with E-state index in [0.717, 1.165) is 25.7 Å². The highest BCUT2D eigenvalue weighted by Gasteiger charge is 2.28. The molecule has 1 saturated carbocycles. The van der Waals surface area contributed by atoms with Crippen molar-refractivity contribution in [1.29, 1.82) is 0 Å². The van der Waals surface area contributed by atoms with Gasteiger partial charge < -0.3 is 0 Å². The van der Waals surface area contributed by atoms with Crippen LogP contribution in [0.1, 0.15) is 25.7 Å². The van der Waals surface area contributed by atoms with E-state index in [2.05, 4.69) is 15.9 Å². The predicted octanol–water partition coefficient (Wildman–Crippen LogP) is 2.98. The van der Waals surface area contributed by atoms with E-state index >= 15 is 0 Å². The van der Waals surface area contributed by atoms with Gasteiger partial charge in [0.1, 0.15) is 5.75 Å². The summed E-state index contributed by atoms with van der Waals surface area (Å²) in [7, 11) is -3.52. The highest BCUT2D eigenvalue weighted by Crippen LogP contribution is 2.28. The second-order valence-corrected chi connectivity index (χ2v) is 7.45. The molecule has 1 aromatic rings. The van der Waals surface area contributed by atoms with E-state index in [0.29, 0.717) is 4.47 Å². The Morgan fingerprint density at radius 3 is 2.44 bits per heavy atom. The number of Topliss-reactive ketones (excluding diaryl/α,β-unsaturated/α-hetero) is 1. The Morgan fingerprint density at radius 2 is 1.83 bits per heavy atom. The van der Waals surface area contributed by atoms with Crippen molar-refractivity contribution in [3.63, 3.8) is 0 Å². The molecule has 0 heterocycles. The quantitative estimate of drug-likeness (QED) is 0.852. The third-order valence-corrected chi connectivity index (χ3v) is 5.96. The first kappa shape index (κ1) is 13.7. The van der Waals surface area contributed by atoms with E-state index in [-0.39, 0.29) is 22.3 Å². The van der Waals surface area contributed by atoms with Crippen LogP contribution < -0.4 is 0 Å². The van der Waals surface area contributed by atoms with Crippen LogP contribution in [0.3, 0.4) is 0 Å². The van der Waals surface area contributed by atoms with Gasteiger partial charge in [0.05, 0.1) is 4.90 Å². The van der Waals surface area contributed by atoms with Crippen molar-refractivity contribution in [2.24, 2.45) is 5.92 Å². The van der Waals surface area contributed by atoms with Gasteiger partial charge in [0, 0.05) is 10.4 Å². The molecule has 0 N–H and O–H groups in total. The first-order valence-electron chi connectivity index (χ1n) is 6.01. The summed E-state index contributed by atoms with van der Waals surface area (Å²) < 4.78 is 24.9. The van der Waals surface area contributed by atoms with E-state index in [4.69, 9.17) is 0 Å². The van der Waals surface area contributed by atoms with Crippen molar-refractivity contribution >= 4 is 31.6 Å². The number of benzene rings is 1. The van der Waals surface area contributed by atoms with Crippen molar-refractivity contribution in [1.82, 2.24) is 0 Å². The molecule has 18 heavy (non-hydrogen) atoms. The Hall–Kier alpha value is -0.680. The Bertz CT molecular complexity index is 545. The fourth-order valence-electron chi connectivity index (χ4n) is 2.33. The van der Waals surface area contributed by atoms with Crippen molar-refractivity contribution in [3.05, 3.63) is 28.7 Å². The smallest absolute Gasteiger partial charge is 0.186 e. The molecule has 0 aromatic heterocycles. The molecule has 2 rings (SSSR count). The summed E-state index contributed by atoms with van der Waals surface area (Å²) in [5.74, 6) is -0.564. The molecule has 0 unspecified atom stereocenters. The lowest BCUT2D eigenvalue weighted by molar-refractivity contribution is -0.120. The lowest BCUT2D eigenvalue weighted by Crippen LogP contribution is -2.22. The highest BCUT2D eigenvalue weighted by atomic mass is 79.9. The summed E-state index contributed by atoms with van der Waals surface area (Å²) in [6.07, 6.45) is 3.74. The second-order valence-electron chi connectivity index (χ2n) is 4.64. The highest BCUT2D eigenvalue weighted by molar-refractivity contribution is 9.10. The minimum atomic E-state index is -3.52. The number of hydrogen-bond donors (Lipinski definition) is 0. The Labute approximate surface area is 116 Å². The molecular weight excluding hydrogens is 316 g/mol. The van der Waals surface area contributed by atoms with Gasteiger partial charge in [-0.2, -0.15) is 0 Å². The molecule has 98 valence electrons. The fourth-order valence-corrected chi connectivity index (χ4v) is 4.77. The molecule has 0 spiro atoms. The third-order valence-electron chi connectivity index (χ3n) is 3.31. The van der Waals surface area contributed by atoms with Gasteiger partial charge in [0.2, 0.25) is 0 Å². The van der Waals surface area contributed by atoms with E-state index < -0.39 is 9.84 Å². The average molecular weight is 331 g/mol. The van der Waals surface area contributed by atoms with Gasteiger partial charge >= 0.3 is 0 Å². The molecule has 3 nitrogen and oxygen atoms in total. The number of halogens is 1. The Balaban J connectivity index is 2.17. The van der Waals surface area contributed by atoms with Gasteiger partial charge in [-0.25, -0.2) is 8.42 Å². The molecule has 0 atom stereocenters. The van der Waals surface area contributed by atoms with E-state index in [9.17, 15) is 13.2 Å². The average Bonchev–Trinajstić information content (AvgIpc) is 2.82. The number of hydrogen-bond acceptors (Lipinski definition) is 3. The normalized spacial score (nSPS) is 16.9. The Morgan fingerprint density at radius 1 is 1.22 bits per heavy atom. The standard InChI is InChI=1S/C13H15BrO3S/c14-11-7-3-4-8-13(11)18(16,17)9-12(15)10-5-1-2-6-10/h3-4,7-8,10H,1-2,5-6,9H2. The topological polar surface area (TPSA) is 51.2 Å². The zero-order valence-corrected chi connectivity index (χ0v) is 12.3. The van der Waals surface area contributed by atoms with Gasteiger partial charge in [0.25, 0.3) is 0 Å². The Kier molecular flexibility index (Phi) is 4.22. The van der Waals surface area contributed by atoms with Crippen LogP contribution in [0.15, 0.2) is 33.6 Å². The molecule has 5 heteroatoms. The maximum absolute atomic E-state index is 12.2.